The van der Waals surface area contributed by atoms with E-state index in [4.69, 9.17) is 11.0 Å². The molecule has 3 N–H and O–H groups in total. The van der Waals surface area contributed by atoms with E-state index in [9.17, 15) is 0 Å². The lowest BCUT2D eigenvalue weighted by atomic mass is 9.92. The van der Waals surface area contributed by atoms with Crippen molar-refractivity contribution < 1.29 is 0 Å². The third-order valence-electron chi connectivity index (χ3n) is 3.88. The minimum Gasteiger partial charge on any atom is -0.367 e. The van der Waals surface area contributed by atoms with Gasteiger partial charge in [-0.15, -0.1) is 0 Å². The number of hydrogen-bond donors (Lipinski definition) is 2. The Labute approximate surface area is 117 Å². The lowest BCUT2D eigenvalue weighted by Crippen LogP contribution is -2.33. The Bertz CT molecular complexity index is 653. The predicted molar refractivity (Wildman–Crippen MR) is 78.1 cm³/mol. The molecule has 0 atom stereocenters. The van der Waals surface area contributed by atoms with Crippen molar-refractivity contribution in [2.75, 3.05) is 5.32 Å². The normalized spacial score (nSPS) is 22.4. The lowest BCUT2D eigenvalue weighted by Gasteiger charge is -2.27. The fraction of sp³-hybridized carbons (Fsp3) is 0.400. The summed E-state index contributed by atoms with van der Waals surface area (Å²) in [4.78, 5) is 8.57. The number of fused-ring (bicyclic) bond motifs is 1. The van der Waals surface area contributed by atoms with Crippen LogP contribution in [0.5, 0.6) is 0 Å². The van der Waals surface area contributed by atoms with Crippen LogP contribution in [0.2, 0.25) is 0 Å². The van der Waals surface area contributed by atoms with Crippen LogP contribution in [0.25, 0.3) is 10.9 Å². The number of nitrogens with two attached hydrogens (primary N) is 1. The van der Waals surface area contributed by atoms with Crippen LogP contribution >= 0.6 is 0 Å². The highest BCUT2D eigenvalue weighted by Crippen LogP contribution is 2.25. The van der Waals surface area contributed by atoms with Crippen LogP contribution in [0.15, 0.2) is 24.5 Å². The van der Waals surface area contributed by atoms with Gasteiger partial charge in [0.1, 0.15) is 12.1 Å². The molecule has 0 unspecified atom stereocenters. The van der Waals surface area contributed by atoms with Gasteiger partial charge in [-0.25, -0.2) is 9.97 Å². The van der Waals surface area contributed by atoms with Crippen LogP contribution in [-0.2, 0) is 0 Å². The zero-order valence-electron chi connectivity index (χ0n) is 11.2. The van der Waals surface area contributed by atoms with Crippen molar-refractivity contribution in [3.05, 3.63) is 30.1 Å². The molecule has 0 saturated heterocycles. The number of hydrogen-bond acceptors (Lipinski definition) is 5. The van der Waals surface area contributed by atoms with Crippen LogP contribution in [0, 0.1) is 11.3 Å². The average molecular weight is 267 g/mol. The summed E-state index contributed by atoms with van der Waals surface area (Å²) in [5.41, 5.74) is 7.41. The van der Waals surface area contributed by atoms with Gasteiger partial charge in [-0.2, -0.15) is 5.26 Å². The molecular weight excluding hydrogens is 250 g/mol. The summed E-state index contributed by atoms with van der Waals surface area (Å²) in [6, 6.07) is 8.37. The van der Waals surface area contributed by atoms with Crippen LogP contribution in [0.3, 0.4) is 0 Å². The summed E-state index contributed by atoms with van der Waals surface area (Å²) in [6.45, 7) is 0. The molecule has 5 heteroatoms. The van der Waals surface area contributed by atoms with Gasteiger partial charge in [0.25, 0.3) is 0 Å². The molecule has 2 aromatic rings. The van der Waals surface area contributed by atoms with E-state index in [1.807, 2.05) is 12.1 Å². The largest absolute Gasteiger partial charge is 0.367 e. The van der Waals surface area contributed by atoms with E-state index in [-0.39, 0.29) is 0 Å². The molecule has 1 aromatic carbocycles. The van der Waals surface area contributed by atoms with Gasteiger partial charge >= 0.3 is 0 Å². The first-order chi connectivity index (χ1) is 9.76. The molecule has 0 amide bonds. The maximum absolute atomic E-state index is 9.01. The van der Waals surface area contributed by atoms with E-state index < -0.39 is 0 Å². The first kappa shape index (κ1) is 12.8. The summed E-state index contributed by atoms with van der Waals surface area (Å²) >= 11 is 0. The first-order valence-electron chi connectivity index (χ1n) is 6.93. The van der Waals surface area contributed by atoms with Gasteiger partial charge in [0.05, 0.1) is 17.1 Å². The predicted octanol–water partition coefficient (Wildman–Crippen LogP) is 2.18. The number of benzene rings is 1. The Balaban J connectivity index is 1.89. The van der Waals surface area contributed by atoms with E-state index >= 15 is 0 Å². The summed E-state index contributed by atoms with van der Waals surface area (Å²) in [7, 11) is 0. The maximum atomic E-state index is 9.01. The smallest absolute Gasteiger partial charge is 0.137 e. The van der Waals surface area contributed by atoms with E-state index in [1.165, 1.54) is 0 Å². The van der Waals surface area contributed by atoms with Gasteiger partial charge in [0.15, 0.2) is 0 Å². The molecule has 20 heavy (non-hydrogen) atoms. The molecule has 1 aromatic heterocycles. The molecule has 1 aliphatic rings. The second-order valence-corrected chi connectivity index (χ2v) is 5.32. The van der Waals surface area contributed by atoms with Crippen LogP contribution in [0.1, 0.15) is 31.2 Å². The average Bonchev–Trinajstić information content (AvgIpc) is 2.49. The van der Waals surface area contributed by atoms with E-state index in [1.54, 1.807) is 12.4 Å². The lowest BCUT2D eigenvalue weighted by molar-refractivity contribution is 0.410. The summed E-state index contributed by atoms with van der Waals surface area (Å²) in [5.74, 6) is 0.813. The van der Waals surface area contributed by atoms with Gasteiger partial charge in [-0.3, -0.25) is 0 Å². The number of anilines is 1. The minimum absolute atomic E-state index is 0.334. The molecule has 0 aliphatic heterocycles. The number of nitrogens with one attached hydrogen (secondary N) is 1. The second kappa shape index (κ2) is 5.43. The van der Waals surface area contributed by atoms with Gasteiger partial charge in [0.2, 0.25) is 0 Å². The molecule has 0 bridgehead atoms. The van der Waals surface area contributed by atoms with E-state index in [0.717, 1.165) is 42.4 Å². The molecule has 0 radical (unpaired) electrons. The standard InChI is InChI=1S/C15H17N5/c16-8-10-1-6-14-13(7-10)15(19-9-18-14)20-12-4-2-11(17)3-5-12/h1,6-7,9,11-12H,2-5,17H2,(H,18,19,20)/t11-,12-. The van der Waals surface area contributed by atoms with Crippen molar-refractivity contribution in [2.45, 2.75) is 37.8 Å². The molecule has 1 fully saturated rings. The van der Waals surface area contributed by atoms with Gasteiger partial charge in [-0.1, -0.05) is 0 Å². The zero-order valence-corrected chi connectivity index (χ0v) is 11.2. The summed E-state index contributed by atoms with van der Waals surface area (Å²) < 4.78 is 0. The minimum atomic E-state index is 0.334. The van der Waals surface area contributed by atoms with Crippen molar-refractivity contribution in [3.8, 4) is 6.07 Å². The van der Waals surface area contributed by atoms with E-state index in [2.05, 4.69) is 21.4 Å². The van der Waals surface area contributed by atoms with Gasteiger partial charge < -0.3 is 11.1 Å². The third-order valence-corrected chi connectivity index (χ3v) is 3.88. The highest BCUT2D eigenvalue weighted by molar-refractivity contribution is 5.89. The molecular formula is C15H17N5. The number of nitriles is 1. The Kier molecular flexibility index (Phi) is 3.48. The van der Waals surface area contributed by atoms with Crippen LogP contribution < -0.4 is 11.1 Å². The van der Waals surface area contributed by atoms with Crippen molar-refractivity contribution in [3.63, 3.8) is 0 Å². The molecule has 102 valence electrons. The number of aromatic nitrogens is 2. The topological polar surface area (TPSA) is 87.6 Å². The quantitative estimate of drug-likeness (QED) is 0.870. The van der Waals surface area contributed by atoms with Crippen LogP contribution in [-0.4, -0.2) is 22.1 Å². The van der Waals surface area contributed by atoms with Crippen molar-refractivity contribution in [2.24, 2.45) is 5.73 Å². The molecule has 5 nitrogen and oxygen atoms in total. The van der Waals surface area contributed by atoms with Gasteiger partial charge in [0, 0.05) is 17.5 Å². The highest BCUT2D eigenvalue weighted by Gasteiger charge is 2.19. The Morgan fingerprint density at radius 1 is 1.20 bits per heavy atom. The van der Waals surface area contributed by atoms with Crippen molar-refractivity contribution >= 4 is 16.7 Å². The molecule has 1 heterocycles. The Morgan fingerprint density at radius 3 is 2.75 bits per heavy atom. The summed E-state index contributed by atoms with van der Waals surface area (Å²) in [6.07, 6.45) is 5.77. The fourth-order valence-corrected chi connectivity index (χ4v) is 2.70. The van der Waals surface area contributed by atoms with Crippen molar-refractivity contribution in [1.29, 1.82) is 5.26 Å². The fourth-order valence-electron chi connectivity index (χ4n) is 2.70. The number of nitrogens with zero attached hydrogens (tertiary/aromatic N) is 3. The molecule has 3 rings (SSSR count). The molecule has 1 aliphatic carbocycles. The van der Waals surface area contributed by atoms with Crippen LogP contribution in [0.4, 0.5) is 5.82 Å². The van der Waals surface area contributed by atoms with Gasteiger partial charge in [-0.05, 0) is 43.9 Å². The highest BCUT2D eigenvalue weighted by atomic mass is 15.0. The first-order valence-corrected chi connectivity index (χ1v) is 6.93. The monoisotopic (exact) mass is 267 g/mol. The Morgan fingerprint density at radius 2 is 2.00 bits per heavy atom. The Hall–Kier alpha value is -2.19. The number of rotatable bonds is 2. The summed E-state index contributed by atoms with van der Waals surface area (Å²) in [5, 5.41) is 13.4. The van der Waals surface area contributed by atoms with Crippen molar-refractivity contribution in [1.82, 2.24) is 9.97 Å². The molecule has 0 spiro atoms. The maximum Gasteiger partial charge on any atom is 0.137 e. The second-order valence-electron chi connectivity index (χ2n) is 5.32. The zero-order chi connectivity index (χ0) is 13.9. The third kappa shape index (κ3) is 2.56. The van der Waals surface area contributed by atoms with E-state index in [0.29, 0.717) is 17.6 Å². The molecule has 1 saturated carbocycles. The SMILES string of the molecule is N#Cc1ccc2ncnc(N[C@H]3CC[C@H](N)CC3)c2c1.